The molecular weight excluding hydrogens is 929 g/mol. The molecule has 0 aliphatic heterocycles. The SMILES string of the molecule is CCCCCCCC/C=C\CCC(CC(O)CO)(CC(O)CO)C(CC(O)CO)(CC(O)CO)C(CC(O)CO)(CC(O)CO)C(CC(O)CO)(CC(O)CO)C(CC(O)CO)(CC(O)CO)C(=O)O. The zero-order valence-electron chi connectivity index (χ0n) is 41.2. The van der Waals surface area contributed by atoms with E-state index in [1.807, 2.05) is 6.08 Å². The highest BCUT2D eigenvalue weighted by Gasteiger charge is 2.76. The van der Waals surface area contributed by atoms with Crippen LogP contribution >= 0.6 is 0 Å². The van der Waals surface area contributed by atoms with E-state index in [1.165, 1.54) is 0 Å². The average molecular weight is 1020 g/mol. The second-order valence-corrected chi connectivity index (χ2v) is 19.9. The lowest BCUT2D eigenvalue weighted by molar-refractivity contribution is -0.289. The highest BCUT2D eigenvalue weighted by Crippen LogP contribution is 2.77. The molecule has 10 atom stereocenters. The first kappa shape index (κ1) is 68.4. The monoisotopic (exact) mass is 1020 g/mol. The highest BCUT2D eigenvalue weighted by molar-refractivity contribution is 5.76. The van der Waals surface area contributed by atoms with Gasteiger partial charge in [-0.1, -0.05) is 51.2 Å². The van der Waals surface area contributed by atoms with Crippen LogP contribution in [0.1, 0.15) is 129 Å². The number of allylic oxidation sites excluding steroid dienone is 2. The Morgan fingerprint density at radius 2 is 0.629 bits per heavy atom. The van der Waals surface area contributed by atoms with E-state index < -0.39 is 231 Å². The number of carbonyl (C=O) groups is 1. The third kappa shape index (κ3) is 18.7. The van der Waals surface area contributed by atoms with E-state index in [9.17, 15) is 112 Å². The van der Waals surface area contributed by atoms with Crippen molar-refractivity contribution in [1.29, 1.82) is 0 Å². The van der Waals surface area contributed by atoms with Gasteiger partial charge in [0.1, 0.15) is 0 Å². The van der Waals surface area contributed by atoms with Crippen molar-refractivity contribution in [1.82, 2.24) is 0 Å². The van der Waals surface area contributed by atoms with Crippen molar-refractivity contribution in [3.8, 4) is 0 Å². The third-order valence-electron chi connectivity index (χ3n) is 14.9. The van der Waals surface area contributed by atoms with Crippen LogP contribution in [-0.2, 0) is 4.79 Å². The fourth-order valence-corrected chi connectivity index (χ4v) is 12.2. The first-order chi connectivity index (χ1) is 33.0. The summed E-state index contributed by atoms with van der Waals surface area (Å²) in [6.07, 6.45) is -22.4. The number of unbranched alkanes of at least 4 members (excludes halogenated alkanes) is 6. The molecule has 0 spiro atoms. The summed E-state index contributed by atoms with van der Waals surface area (Å²) < 4.78 is 0. The Labute approximate surface area is 412 Å². The van der Waals surface area contributed by atoms with E-state index >= 15 is 0 Å². The van der Waals surface area contributed by atoms with Crippen molar-refractivity contribution in [2.45, 2.75) is 190 Å². The van der Waals surface area contributed by atoms with Gasteiger partial charge in [-0.25, -0.2) is 0 Å². The molecule has 0 bridgehead atoms. The minimum Gasteiger partial charge on any atom is -0.481 e. The van der Waals surface area contributed by atoms with Crippen molar-refractivity contribution in [3.05, 3.63) is 12.2 Å². The van der Waals surface area contributed by atoms with Crippen LogP contribution in [0.3, 0.4) is 0 Å². The van der Waals surface area contributed by atoms with Gasteiger partial charge in [0.25, 0.3) is 0 Å². The maximum atomic E-state index is 14.8. The molecule has 0 rings (SSSR count). The van der Waals surface area contributed by atoms with E-state index in [-0.39, 0.29) is 6.42 Å². The first-order valence-electron chi connectivity index (χ1n) is 24.8. The fourth-order valence-electron chi connectivity index (χ4n) is 12.2. The van der Waals surface area contributed by atoms with Gasteiger partial charge in [-0.15, -0.1) is 0 Å². The molecular formula is C48H94O22. The standard InChI is InChI=1S/C48H94O22/c1-2-3-4-5-6-7-8-9-10-11-12-44(13-33(59)23-49,14-34(60)24-50)46(17-37(63)27-53,18-38(64)28-54)48(21-41(67)31-57,22-42(68)32-58)47(19-39(65)29-55,20-40(66)30-56)45(43(69)70,15-35(61)25-51)16-36(62)26-52/h9-10,33-42,49-68H,2-8,11-32H2,1H3,(H,69,70)/b10-9-. The molecule has 21 N–H and O–H groups in total. The van der Waals surface area contributed by atoms with Crippen LogP contribution in [0.4, 0.5) is 0 Å². The van der Waals surface area contributed by atoms with E-state index in [0.29, 0.717) is 6.42 Å². The normalized spacial score (nSPS) is 21.2. The van der Waals surface area contributed by atoms with E-state index in [2.05, 4.69) is 6.92 Å². The van der Waals surface area contributed by atoms with Gasteiger partial charge in [-0.05, 0) is 112 Å². The Morgan fingerprint density at radius 3 is 0.957 bits per heavy atom. The van der Waals surface area contributed by atoms with Gasteiger partial charge in [0, 0.05) is 0 Å². The summed E-state index contributed by atoms with van der Waals surface area (Å²) in [5.41, 5.74) is -13.9. The molecule has 22 heteroatoms. The van der Waals surface area contributed by atoms with Crippen LogP contribution in [0.25, 0.3) is 0 Å². The Kier molecular flexibility index (Phi) is 34.0. The lowest BCUT2D eigenvalue weighted by Gasteiger charge is -2.73. The topological polar surface area (TPSA) is 442 Å². The minimum atomic E-state index is -3.12. The number of hydrogen-bond acceptors (Lipinski definition) is 21. The van der Waals surface area contributed by atoms with Crippen LogP contribution in [-0.4, -0.2) is 240 Å². The Balaban J connectivity index is 10.5. The fraction of sp³-hybridized carbons (Fsp3) is 0.938. The average Bonchev–Trinajstić information content (AvgIpc) is 3.34. The molecule has 0 fully saturated rings. The van der Waals surface area contributed by atoms with Crippen LogP contribution in [0, 0.1) is 27.1 Å². The third-order valence-corrected chi connectivity index (χ3v) is 14.9. The van der Waals surface area contributed by atoms with E-state index in [0.717, 1.165) is 38.5 Å². The number of aliphatic hydroxyl groups excluding tert-OH is 20. The highest BCUT2D eigenvalue weighted by atomic mass is 16.4. The van der Waals surface area contributed by atoms with Crippen molar-refractivity contribution in [2.75, 3.05) is 66.1 Å². The Hall–Kier alpha value is -1.59. The Morgan fingerprint density at radius 1 is 0.357 bits per heavy atom. The largest absolute Gasteiger partial charge is 0.481 e. The molecule has 0 saturated heterocycles. The molecule has 0 saturated carbocycles. The van der Waals surface area contributed by atoms with Gasteiger partial charge < -0.3 is 107 Å². The maximum Gasteiger partial charge on any atom is 0.310 e. The molecule has 418 valence electrons. The number of carboxylic acid groups (broad SMARTS) is 1. The van der Waals surface area contributed by atoms with Crippen molar-refractivity contribution >= 4 is 5.97 Å². The zero-order valence-corrected chi connectivity index (χ0v) is 41.2. The Bertz CT molecular complexity index is 1310. The number of aliphatic hydroxyl groups is 20. The first-order valence-corrected chi connectivity index (χ1v) is 24.8. The molecule has 10 unspecified atom stereocenters. The number of rotatable bonds is 45. The van der Waals surface area contributed by atoms with E-state index in [1.54, 1.807) is 6.08 Å². The summed E-state index contributed by atoms with van der Waals surface area (Å²) in [6.45, 7) is -9.85. The number of aliphatic carboxylic acids is 1. The lowest BCUT2D eigenvalue weighted by Crippen LogP contribution is -2.72. The summed E-state index contributed by atoms with van der Waals surface area (Å²) >= 11 is 0. The molecule has 22 nitrogen and oxygen atoms in total. The van der Waals surface area contributed by atoms with Gasteiger partial charge in [-0.3, -0.25) is 4.79 Å². The van der Waals surface area contributed by atoms with Gasteiger partial charge in [0.05, 0.1) is 133 Å². The van der Waals surface area contributed by atoms with Crippen molar-refractivity contribution < 1.29 is 112 Å². The predicted octanol–water partition coefficient (Wildman–Crippen LogP) is -3.48. The number of hydrogen-bond donors (Lipinski definition) is 21. The smallest absolute Gasteiger partial charge is 0.310 e. The summed E-state index contributed by atoms with van der Waals surface area (Å²) in [4.78, 5) is 14.8. The summed E-state index contributed by atoms with van der Waals surface area (Å²) in [6, 6.07) is 0. The molecule has 0 amide bonds. The van der Waals surface area contributed by atoms with Crippen molar-refractivity contribution in [2.24, 2.45) is 27.1 Å². The van der Waals surface area contributed by atoms with Gasteiger partial charge in [0.2, 0.25) is 0 Å². The minimum absolute atomic E-state index is 0.0818. The zero-order chi connectivity index (χ0) is 53.8. The summed E-state index contributed by atoms with van der Waals surface area (Å²) in [5.74, 6) is -2.06. The molecule has 0 radical (unpaired) electrons. The molecule has 0 aromatic heterocycles. The molecule has 0 aromatic rings. The quantitative estimate of drug-likeness (QED) is 0.0208. The molecule has 0 heterocycles. The van der Waals surface area contributed by atoms with Gasteiger partial charge in [-0.2, -0.15) is 0 Å². The molecule has 0 aromatic carbocycles. The van der Waals surface area contributed by atoms with E-state index in [4.69, 9.17) is 0 Å². The van der Waals surface area contributed by atoms with Crippen LogP contribution < -0.4 is 0 Å². The maximum absolute atomic E-state index is 14.8. The van der Waals surface area contributed by atoms with Gasteiger partial charge >= 0.3 is 5.97 Å². The second-order valence-electron chi connectivity index (χ2n) is 19.9. The molecule has 0 aliphatic rings. The second kappa shape index (κ2) is 34.8. The van der Waals surface area contributed by atoms with Crippen molar-refractivity contribution in [3.63, 3.8) is 0 Å². The van der Waals surface area contributed by atoms with Crippen LogP contribution in [0.5, 0.6) is 0 Å². The number of carboxylic acids is 1. The predicted molar refractivity (Wildman–Crippen MR) is 253 cm³/mol. The van der Waals surface area contributed by atoms with Crippen LogP contribution in [0.2, 0.25) is 0 Å². The van der Waals surface area contributed by atoms with Gasteiger partial charge in [0.15, 0.2) is 0 Å². The summed E-state index contributed by atoms with van der Waals surface area (Å²) in [5, 5.41) is 237. The molecule has 0 aliphatic carbocycles. The molecule has 70 heavy (non-hydrogen) atoms. The summed E-state index contributed by atoms with van der Waals surface area (Å²) in [7, 11) is 0. The van der Waals surface area contributed by atoms with Crippen LogP contribution in [0.15, 0.2) is 12.2 Å². The lowest BCUT2D eigenvalue weighted by atomic mass is 9.31.